The van der Waals surface area contributed by atoms with E-state index >= 15 is 0 Å². The van der Waals surface area contributed by atoms with Gasteiger partial charge in [0.05, 0.1) is 0 Å². The van der Waals surface area contributed by atoms with E-state index in [-0.39, 0.29) is 17.3 Å². The van der Waals surface area contributed by atoms with E-state index in [2.05, 4.69) is 0 Å². The first-order valence-electron chi connectivity index (χ1n) is 4.15. The van der Waals surface area contributed by atoms with Crippen LogP contribution in [0.15, 0.2) is 23.0 Å². The Balaban J connectivity index is 2.60. The molecule has 1 N–H and O–H groups in total. The predicted octanol–water partition coefficient (Wildman–Crippen LogP) is 0.881. The van der Waals surface area contributed by atoms with Gasteiger partial charge in [-0.05, 0) is 18.9 Å². The van der Waals surface area contributed by atoms with Crippen LogP contribution in [-0.4, -0.2) is 15.6 Å². The maximum atomic E-state index is 11.3. The highest BCUT2D eigenvalue weighted by Gasteiger charge is 2.27. The van der Waals surface area contributed by atoms with Gasteiger partial charge in [-0.15, -0.1) is 0 Å². The highest BCUT2D eigenvalue weighted by molar-refractivity contribution is 5.85. The SMILES string of the molecule is O=C(O)c1cccc(=O)n1C1CC1. The van der Waals surface area contributed by atoms with Gasteiger partial charge in [-0.1, -0.05) is 6.07 Å². The summed E-state index contributed by atoms with van der Waals surface area (Å²) in [6.45, 7) is 0. The van der Waals surface area contributed by atoms with Gasteiger partial charge in [0, 0.05) is 12.1 Å². The molecule has 1 heterocycles. The topological polar surface area (TPSA) is 59.3 Å². The summed E-state index contributed by atoms with van der Waals surface area (Å²) in [5.41, 5.74) is -0.127. The summed E-state index contributed by atoms with van der Waals surface area (Å²) in [4.78, 5) is 22.1. The van der Waals surface area contributed by atoms with E-state index in [1.54, 1.807) is 0 Å². The quantitative estimate of drug-likeness (QED) is 0.733. The van der Waals surface area contributed by atoms with E-state index in [1.165, 1.54) is 22.8 Å². The van der Waals surface area contributed by atoms with Gasteiger partial charge < -0.3 is 5.11 Å². The maximum Gasteiger partial charge on any atom is 0.352 e. The number of hydrogen-bond acceptors (Lipinski definition) is 2. The molecule has 4 nitrogen and oxygen atoms in total. The van der Waals surface area contributed by atoms with Crippen molar-refractivity contribution in [3.63, 3.8) is 0 Å². The normalized spacial score (nSPS) is 15.7. The molecule has 0 unspecified atom stereocenters. The smallest absolute Gasteiger partial charge is 0.352 e. The van der Waals surface area contributed by atoms with Crippen LogP contribution in [0.25, 0.3) is 0 Å². The summed E-state index contributed by atoms with van der Waals surface area (Å²) in [6.07, 6.45) is 1.81. The minimum Gasteiger partial charge on any atom is -0.477 e. The average molecular weight is 179 g/mol. The number of nitrogens with zero attached hydrogens (tertiary/aromatic N) is 1. The van der Waals surface area contributed by atoms with Crippen molar-refractivity contribution in [1.82, 2.24) is 4.57 Å². The lowest BCUT2D eigenvalue weighted by molar-refractivity contribution is 0.0683. The van der Waals surface area contributed by atoms with Gasteiger partial charge in [-0.25, -0.2) is 4.79 Å². The number of hydrogen-bond donors (Lipinski definition) is 1. The zero-order valence-electron chi connectivity index (χ0n) is 6.93. The number of rotatable bonds is 2. The Morgan fingerprint density at radius 2 is 2.15 bits per heavy atom. The lowest BCUT2D eigenvalue weighted by Crippen LogP contribution is -2.23. The molecule has 0 bridgehead atoms. The van der Waals surface area contributed by atoms with Crippen LogP contribution in [-0.2, 0) is 0 Å². The molecule has 0 atom stereocenters. The molecular formula is C9H9NO3. The molecule has 0 saturated heterocycles. The Morgan fingerprint density at radius 1 is 1.46 bits per heavy atom. The van der Waals surface area contributed by atoms with Crippen molar-refractivity contribution in [3.8, 4) is 0 Å². The van der Waals surface area contributed by atoms with Crippen LogP contribution in [0.4, 0.5) is 0 Å². The van der Waals surface area contributed by atoms with E-state index < -0.39 is 5.97 Å². The van der Waals surface area contributed by atoms with Crippen LogP contribution >= 0.6 is 0 Å². The van der Waals surface area contributed by atoms with Crippen LogP contribution in [0.5, 0.6) is 0 Å². The molecule has 2 rings (SSSR count). The van der Waals surface area contributed by atoms with Gasteiger partial charge in [-0.3, -0.25) is 9.36 Å². The average Bonchev–Trinajstić information content (AvgIpc) is 2.86. The Morgan fingerprint density at radius 3 is 2.69 bits per heavy atom. The fraction of sp³-hybridized carbons (Fsp3) is 0.333. The summed E-state index contributed by atoms with van der Waals surface area (Å²) in [6, 6.07) is 4.44. The minimum absolute atomic E-state index is 0.0926. The molecule has 0 aromatic carbocycles. The first kappa shape index (κ1) is 8.04. The lowest BCUT2D eigenvalue weighted by atomic mass is 10.3. The van der Waals surface area contributed by atoms with E-state index in [1.807, 2.05) is 0 Å². The van der Waals surface area contributed by atoms with Crippen LogP contribution in [0.1, 0.15) is 29.4 Å². The molecule has 1 aromatic rings. The summed E-state index contributed by atoms with van der Waals surface area (Å²) in [5.74, 6) is -1.04. The second-order valence-electron chi connectivity index (χ2n) is 3.16. The van der Waals surface area contributed by atoms with Crippen LogP contribution in [0, 0.1) is 0 Å². The van der Waals surface area contributed by atoms with Gasteiger partial charge in [0.25, 0.3) is 5.56 Å². The summed E-state index contributed by atoms with van der Waals surface area (Å²) >= 11 is 0. The molecule has 1 aliphatic carbocycles. The Bertz CT molecular complexity index is 404. The van der Waals surface area contributed by atoms with Crippen LogP contribution < -0.4 is 5.56 Å². The Labute approximate surface area is 74.4 Å². The number of carbonyl (C=O) groups is 1. The third kappa shape index (κ3) is 1.35. The van der Waals surface area contributed by atoms with Crippen molar-refractivity contribution < 1.29 is 9.90 Å². The van der Waals surface area contributed by atoms with Crippen LogP contribution in [0.2, 0.25) is 0 Å². The van der Waals surface area contributed by atoms with E-state index in [9.17, 15) is 9.59 Å². The van der Waals surface area contributed by atoms with Crippen molar-refractivity contribution >= 4 is 5.97 Å². The molecule has 1 aromatic heterocycles. The summed E-state index contributed by atoms with van der Waals surface area (Å²) < 4.78 is 1.36. The number of carboxylic acid groups (broad SMARTS) is 1. The van der Waals surface area contributed by atoms with Gasteiger partial charge in [0.15, 0.2) is 0 Å². The third-order valence-electron chi connectivity index (χ3n) is 2.12. The van der Waals surface area contributed by atoms with Crippen molar-refractivity contribution in [2.45, 2.75) is 18.9 Å². The fourth-order valence-corrected chi connectivity index (χ4v) is 1.38. The molecule has 0 aliphatic heterocycles. The molecule has 68 valence electrons. The molecule has 1 saturated carbocycles. The molecule has 0 amide bonds. The molecule has 13 heavy (non-hydrogen) atoms. The van der Waals surface area contributed by atoms with Gasteiger partial charge in [-0.2, -0.15) is 0 Å². The zero-order valence-corrected chi connectivity index (χ0v) is 6.93. The Kier molecular flexibility index (Phi) is 1.69. The number of aromatic nitrogens is 1. The standard InChI is InChI=1S/C9H9NO3/c11-8-3-1-2-7(9(12)13)10(8)6-4-5-6/h1-3,6H,4-5H2,(H,12,13). The fourth-order valence-electron chi connectivity index (χ4n) is 1.38. The summed E-state index contributed by atoms with van der Waals surface area (Å²) in [5, 5.41) is 8.81. The molecule has 4 heteroatoms. The molecule has 1 fully saturated rings. The number of pyridine rings is 1. The molecular weight excluding hydrogens is 170 g/mol. The van der Waals surface area contributed by atoms with E-state index in [0.717, 1.165) is 12.8 Å². The maximum absolute atomic E-state index is 11.3. The lowest BCUT2D eigenvalue weighted by Gasteiger charge is -2.06. The minimum atomic E-state index is -1.04. The van der Waals surface area contributed by atoms with Crippen molar-refractivity contribution in [3.05, 3.63) is 34.2 Å². The molecule has 0 spiro atoms. The highest BCUT2D eigenvalue weighted by Crippen LogP contribution is 2.34. The summed E-state index contributed by atoms with van der Waals surface area (Å²) in [7, 11) is 0. The largest absolute Gasteiger partial charge is 0.477 e. The first-order chi connectivity index (χ1) is 6.20. The monoisotopic (exact) mass is 179 g/mol. The number of carboxylic acids is 1. The number of aromatic carboxylic acids is 1. The van der Waals surface area contributed by atoms with Gasteiger partial charge in [0.1, 0.15) is 5.69 Å². The third-order valence-corrected chi connectivity index (χ3v) is 2.12. The second-order valence-corrected chi connectivity index (χ2v) is 3.16. The highest BCUT2D eigenvalue weighted by atomic mass is 16.4. The first-order valence-corrected chi connectivity index (χ1v) is 4.15. The second kappa shape index (κ2) is 2.73. The van der Waals surface area contributed by atoms with E-state index in [0.29, 0.717) is 0 Å². The van der Waals surface area contributed by atoms with E-state index in [4.69, 9.17) is 5.11 Å². The molecule has 0 radical (unpaired) electrons. The van der Waals surface area contributed by atoms with Crippen molar-refractivity contribution in [2.75, 3.05) is 0 Å². The Hall–Kier alpha value is -1.58. The van der Waals surface area contributed by atoms with Crippen LogP contribution in [0.3, 0.4) is 0 Å². The van der Waals surface area contributed by atoms with Crippen molar-refractivity contribution in [1.29, 1.82) is 0 Å². The predicted molar refractivity (Wildman–Crippen MR) is 45.9 cm³/mol. The van der Waals surface area contributed by atoms with Gasteiger partial charge in [0.2, 0.25) is 0 Å². The zero-order chi connectivity index (χ0) is 9.42. The van der Waals surface area contributed by atoms with Crippen molar-refractivity contribution in [2.24, 2.45) is 0 Å². The molecule has 1 aliphatic rings. The van der Waals surface area contributed by atoms with Gasteiger partial charge >= 0.3 is 5.97 Å².